The first-order valence-corrected chi connectivity index (χ1v) is 4.23. The molecule has 0 saturated carbocycles. The van der Waals surface area contributed by atoms with E-state index in [0.29, 0.717) is 0 Å². The van der Waals surface area contributed by atoms with Gasteiger partial charge in [0.15, 0.2) is 0 Å². The summed E-state index contributed by atoms with van der Waals surface area (Å²) in [6.07, 6.45) is 2.36. The normalized spacial score (nSPS) is 20.3. The largest absolute Gasteiger partial charge is 0.361 e. The molecule has 1 aliphatic rings. The number of thiocarbonyl (C=S) groups is 1. The lowest BCUT2D eigenvalue weighted by atomic mass is 10.1. The zero-order valence-electron chi connectivity index (χ0n) is 6.98. The Balaban J connectivity index is 2.64. The van der Waals surface area contributed by atoms with Gasteiger partial charge in [0.25, 0.3) is 0 Å². The molecule has 1 fully saturated rings. The van der Waals surface area contributed by atoms with Gasteiger partial charge in [0, 0.05) is 12.1 Å². The monoisotopic (exact) mass is 157 g/mol. The zero-order chi connectivity index (χ0) is 7.78. The van der Waals surface area contributed by atoms with Crippen LogP contribution in [0.4, 0.5) is 0 Å². The van der Waals surface area contributed by atoms with Crippen LogP contribution in [-0.4, -0.2) is 22.0 Å². The number of nitrogens with zero attached hydrogens (tertiary/aromatic N) is 1. The average Bonchev–Trinajstić information content (AvgIpc) is 2.11. The molecule has 0 spiro atoms. The standard InChI is InChI=1S/C8H15NS/c1-8(2,3)9-6-4-5-7(9)10/h4-6H2,1-3H3. The number of likely N-dealkylation sites (tertiary alicyclic amines) is 1. The van der Waals surface area contributed by atoms with Crippen LogP contribution in [0.1, 0.15) is 33.6 Å². The quantitative estimate of drug-likeness (QED) is 0.496. The highest BCUT2D eigenvalue weighted by Crippen LogP contribution is 2.22. The van der Waals surface area contributed by atoms with Crippen molar-refractivity contribution in [2.75, 3.05) is 6.54 Å². The van der Waals surface area contributed by atoms with Gasteiger partial charge in [-0.25, -0.2) is 0 Å². The van der Waals surface area contributed by atoms with Crippen molar-refractivity contribution < 1.29 is 0 Å². The fraction of sp³-hybridized carbons (Fsp3) is 0.875. The van der Waals surface area contributed by atoms with E-state index in [9.17, 15) is 0 Å². The van der Waals surface area contributed by atoms with Crippen LogP contribution in [0.25, 0.3) is 0 Å². The summed E-state index contributed by atoms with van der Waals surface area (Å²) in [7, 11) is 0. The predicted molar refractivity (Wildman–Crippen MR) is 48.3 cm³/mol. The van der Waals surface area contributed by atoms with Crippen molar-refractivity contribution in [2.24, 2.45) is 0 Å². The predicted octanol–water partition coefficient (Wildman–Crippen LogP) is 2.21. The van der Waals surface area contributed by atoms with Crippen LogP contribution in [0.2, 0.25) is 0 Å². The Morgan fingerprint density at radius 2 is 2.00 bits per heavy atom. The summed E-state index contributed by atoms with van der Waals surface area (Å²) in [5.74, 6) is 0. The van der Waals surface area contributed by atoms with E-state index in [1.54, 1.807) is 0 Å². The van der Waals surface area contributed by atoms with Crippen molar-refractivity contribution in [3.63, 3.8) is 0 Å². The molecular formula is C8H15NS. The maximum atomic E-state index is 5.21. The van der Waals surface area contributed by atoms with E-state index in [4.69, 9.17) is 12.2 Å². The molecule has 1 nitrogen and oxygen atoms in total. The van der Waals surface area contributed by atoms with Crippen molar-refractivity contribution in [2.45, 2.75) is 39.2 Å². The van der Waals surface area contributed by atoms with Crippen LogP contribution in [0, 0.1) is 0 Å². The summed E-state index contributed by atoms with van der Waals surface area (Å²) in [6, 6.07) is 0. The first-order valence-electron chi connectivity index (χ1n) is 3.82. The molecule has 2 heteroatoms. The second kappa shape index (κ2) is 2.50. The van der Waals surface area contributed by atoms with Gasteiger partial charge >= 0.3 is 0 Å². The second-order valence-corrected chi connectivity index (χ2v) is 4.29. The Morgan fingerprint density at radius 1 is 1.40 bits per heavy atom. The molecular weight excluding hydrogens is 142 g/mol. The Kier molecular flexibility index (Phi) is 1.99. The average molecular weight is 157 g/mol. The van der Waals surface area contributed by atoms with Crippen LogP contribution in [0.15, 0.2) is 0 Å². The van der Waals surface area contributed by atoms with E-state index in [2.05, 4.69) is 25.7 Å². The first-order chi connectivity index (χ1) is 4.52. The van der Waals surface area contributed by atoms with Crippen molar-refractivity contribution >= 4 is 17.2 Å². The third-order valence-corrected chi connectivity index (χ3v) is 2.31. The molecule has 1 saturated heterocycles. The summed E-state index contributed by atoms with van der Waals surface area (Å²) in [4.78, 5) is 3.47. The molecule has 0 unspecified atom stereocenters. The highest BCUT2D eigenvalue weighted by molar-refractivity contribution is 7.80. The third kappa shape index (κ3) is 1.48. The summed E-state index contributed by atoms with van der Waals surface area (Å²) in [5.41, 5.74) is 0.244. The van der Waals surface area contributed by atoms with Crippen LogP contribution in [0.3, 0.4) is 0 Å². The van der Waals surface area contributed by atoms with Gasteiger partial charge in [-0.05, 0) is 33.6 Å². The van der Waals surface area contributed by atoms with E-state index < -0.39 is 0 Å². The molecule has 0 N–H and O–H groups in total. The number of hydrogen-bond acceptors (Lipinski definition) is 1. The van der Waals surface area contributed by atoms with Gasteiger partial charge in [-0.2, -0.15) is 0 Å². The van der Waals surface area contributed by atoms with Crippen LogP contribution >= 0.6 is 12.2 Å². The molecule has 1 aliphatic heterocycles. The topological polar surface area (TPSA) is 3.24 Å². The molecule has 10 heavy (non-hydrogen) atoms. The minimum Gasteiger partial charge on any atom is -0.361 e. The van der Waals surface area contributed by atoms with Crippen LogP contribution in [0.5, 0.6) is 0 Å². The SMILES string of the molecule is CC(C)(C)N1CCCC1=S. The van der Waals surface area contributed by atoms with Gasteiger partial charge in [-0.1, -0.05) is 12.2 Å². The van der Waals surface area contributed by atoms with Gasteiger partial charge in [0.1, 0.15) is 0 Å². The van der Waals surface area contributed by atoms with Gasteiger partial charge in [0.05, 0.1) is 4.99 Å². The number of hydrogen-bond donors (Lipinski definition) is 0. The number of rotatable bonds is 0. The lowest BCUT2D eigenvalue weighted by molar-refractivity contribution is 0.259. The third-order valence-electron chi connectivity index (χ3n) is 1.88. The van der Waals surface area contributed by atoms with E-state index >= 15 is 0 Å². The summed E-state index contributed by atoms with van der Waals surface area (Å²) in [5, 5.41) is 0. The van der Waals surface area contributed by atoms with Gasteiger partial charge in [-0.3, -0.25) is 0 Å². The van der Waals surface area contributed by atoms with E-state index in [-0.39, 0.29) is 5.54 Å². The zero-order valence-corrected chi connectivity index (χ0v) is 7.79. The van der Waals surface area contributed by atoms with Crippen molar-refractivity contribution in [1.82, 2.24) is 4.90 Å². The van der Waals surface area contributed by atoms with Crippen molar-refractivity contribution in [1.29, 1.82) is 0 Å². The maximum Gasteiger partial charge on any atom is 0.0784 e. The lowest BCUT2D eigenvalue weighted by Gasteiger charge is -2.33. The van der Waals surface area contributed by atoms with Crippen molar-refractivity contribution in [3.8, 4) is 0 Å². The first kappa shape index (κ1) is 7.99. The van der Waals surface area contributed by atoms with E-state index in [0.717, 1.165) is 18.0 Å². The van der Waals surface area contributed by atoms with E-state index in [1.165, 1.54) is 6.42 Å². The molecule has 0 aromatic carbocycles. The Labute approximate surface area is 68.4 Å². The summed E-state index contributed by atoms with van der Waals surface area (Å²) >= 11 is 5.21. The second-order valence-electron chi connectivity index (χ2n) is 3.82. The molecule has 1 rings (SSSR count). The van der Waals surface area contributed by atoms with Gasteiger partial charge < -0.3 is 4.90 Å². The van der Waals surface area contributed by atoms with Gasteiger partial charge in [0.2, 0.25) is 0 Å². The Morgan fingerprint density at radius 3 is 2.20 bits per heavy atom. The maximum absolute atomic E-state index is 5.21. The van der Waals surface area contributed by atoms with Crippen molar-refractivity contribution in [3.05, 3.63) is 0 Å². The molecule has 0 aromatic heterocycles. The summed E-state index contributed by atoms with van der Waals surface area (Å²) < 4.78 is 0. The molecule has 0 radical (unpaired) electrons. The van der Waals surface area contributed by atoms with Gasteiger partial charge in [-0.15, -0.1) is 0 Å². The fourth-order valence-corrected chi connectivity index (χ4v) is 1.87. The minimum atomic E-state index is 0.244. The van der Waals surface area contributed by atoms with Crippen LogP contribution in [-0.2, 0) is 0 Å². The molecule has 0 atom stereocenters. The molecule has 1 heterocycles. The minimum absolute atomic E-state index is 0.244. The highest BCUT2D eigenvalue weighted by Gasteiger charge is 2.26. The molecule has 0 aliphatic carbocycles. The molecule has 0 aromatic rings. The molecule has 0 bridgehead atoms. The molecule has 58 valence electrons. The smallest absolute Gasteiger partial charge is 0.0784 e. The Bertz CT molecular complexity index is 146. The van der Waals surface area contributed by atoms with Crippen LogP contribution < -0.4 is 0 Å². The summed E-state index contributed by atoms with van der Waals surface area (Å²) in [6.45, 7) is 7.79. The highest BCUT2D eigenvalue weighted by atomic mass is 32.1. The molecule has 0 amide bonds. The lowest BCUT2D eigenvalue weighted by Crippen LogP contribution is -2.41. The Hall–Kier alpha value is -0.110. The fourth-order valence-electron chi connectivity index (χ4n) is 1.36. The van der Waals surface area contributed by atoms with E-state index in [1.807, 2.05) is 0 Å².